The summed E-state index contributed by atoms with van der Waals surface area (Å²) in [6, 6.07) is 9.87. The minimum atomic E-state index is 0. The molecular formula is C7H7Fe+2. The molecule has 1 aromatic rings. The average molecular weight is 147 g/mol. The van der Waals surface area contributed by atoms with Crippen molar-refractivity contribution in [2.45, 2.75) is 0 Å². The Morgan fingerprint density at radius 1 is 1.00 bits per heavy atom. The largest absolute Gasteiger partial charge is 3.00 e. The molecule has 0 aliphatic carbocycles. The van der Waals surface area contributed by atoms with Gasteiger partial charge in [-0.15, -0.1) is 12.1 Å². The van der Waals surface area contributed by atoms with Crippen LogP contribution in [-0.2, 0) is 17.1 Å². The predicted octanol–water partition coefficient (Wildman–Crippen LogP) is 1.87. The normalized spacial score (nSPS) is 7.50. The first kappa shape index (κ1) is 7.61. The van der Waals surface area contributed by atoms with E-state index >= 15 is 0 Å². The van der Waals surface area contributed by atoms with Gasteiger partial charge >= 0.3 is 17.1 Å². The second-order valence-corrected chi connectivity index (χ2v) is 1.49. The van der Waals surface area contributed by atoms with Crippen LogP contribution in [-0.4, -0.2) is 0 Å². The van der Waals surface area contributed by atoms with Gasteiger partial charge in [0, 0.05) is 0 Å². The van der Waals surface area contributed by atoms with Gasteiger partial charge in [0.2, 0.25) is 0 Å². The van der Waals surface area contributed by atoms with Crippen molar-refractivity contribution >= 4 is 0 Å². The monoisotopic (exact) mass is 147 g/mol. The molecule has 0 saturated heterocycles. The fourth-order valence-corrected chi connectivity index (χ4v) is 0.478. The zero-order valence-corrected chi connectivity index (χ0v) is 5.55. The van der Waals surface area contributed by atoms with Crippen LogP contribution in [0.2, 0.25) is 0 Å². The summed E-state index contributed by atoms with van der Waals surface area (Å²) in [5.41, 5.74) is 1.07. The smallest absolute Gasteiger partial charge is 0.199 e. The van der Waals surface area contributed by atoms with E-state index in [0.717, 1.165) is 5.56 Å². The molecular weight excluding hydrogens is 140 g/mol. The molecule has 0 atom stereocenters. The molecule has 0 N–H and O–H groups in total. The Morgan fingerprint density at radius 2 is 1.50 bits per heavy atom. The second kappa shape index (κ2) is 3.59. The Hall–Kier alpha value is -0.391. The first-order valence-corrected chi connectivity index (χ1v) is 2.26. The van der Waals surface area contributed by atoms with E-state index in [2.05, 4.69) is 6.92 Å². The van der Waals surface area contributed by atoms with Gasteiger partial charge in [-0.05, 0) is 0 Å². The van der Waals surface area contributed by atoms with Crippen molar-refractivity contribution in [3.63, 3.8) is 0 Å². The molecule has 0 aliphatic rings. The number of hydrogen-bond donors (Lipinski definition) is 0. The quantitative estimate of drug-likeness (QED) is 0.388. The Balaban J connectivity index is 0.000000490. The van der Waals surface area contributed by atoms with E-state index in [1.165, 1.54) is 0 Å². The third kappa shape index (κ3) is 2.06. The van der Waals surface area contributed by atoms with Gasteiger partial charge in [0.05, 0.1) is 0 Å². The van der Waals surface area contributed by atoms with E-state index in [0.29, 0.717) is 0 Å². The Kier molecular flexibility index (Phi) is 3.42. The van der Waals surface area contributed by atoms with E-state index in [1.54, 1.807) is 0 Å². The van der Waals surface area contributed by atoms with Crippen molar-refractivity contribution in [1.82, 2.24) is 0 Å². The average Bonchev–Trinajstić information content (AvgIpc) is 1.69. The van der Waals surface area contributed by atoms with Gasteiger partial charge in [-0.1, -0.05) is 6.07 Å². The summed E-state index contributed by atoms with van der Waals surface area (Å²) in [6.45, 7) is 3.72. The summed E-state index contributed by atoms with van der Waals surface area (Å²) in [4.78, 5) is 0. The van der Waals surface area contributed by atoms with Crippen LogP contribution in [0.4, 0.5) is 0 Å². The molecule has 1 aromatic carbocycles. The molecule has 1 heteroatoms. The molecule has 0 fully saturated rings. The Bertz CT molecular complexity index is 134. The molecule has 0 nitrogen and oxygen atoms in total. The Labute approximate surface area is 60.4 Å². The van der Waals surface area contributed by atoms with Gasteiger partial charge < -0.3 is 0 Å². The summed E-state index contributed by atoms with van der Waals surface area (Å²) >= 11 is 0. The standard InChI is InChI=1S/C7H7.Fe/c1-7-5-3-2-4-6-7;/h2-6H,1H2;/q-1;+3. The minimum Gasteiger partial charge on any atom is -0.199 e. The molecule has 1 radical (unpaired) electrons. The van der Waals surface area contributed by atoms with Crippen molar-refractivity contribution in [2.75, 3.05) is 0 Å². The first-order chi connectivity index (χ1) is 3.39. The van der Waals surface area contributed by atoms with Crippen molar-refractivity contribution in [1.29, 1.82) is 0 Å². The summed E-state index contributed by atoms with van der Waals surface area (Å²) in [5.74, 6) is 0. The van der Waals surface area contributed by atoms with E-state index < -0.39 is 0 Å². The maximum absolute atomic E-state index is 3.72. The number of benzene rings is 1. The molecule has 41 valence electrons. The van der Waals surface area contributed by atoms with Crippen LogP contribution in [0.5, 0.6) is 0 Å². The van der Waals surface area contributed by atoms with Gasteiger partial charge in [-0.2, -0.15) is 24.6 Å². The van der Waals surface area contributed by atoms with Crippen LogP contribution in [0.3, 0.4) is 0 Å². The molecule has 0 aromatic heterocycles. The summed E-state index contributed by atoms with van der Waals surface area (Å²) in [5, 5.41) is 0. The molecule has 0 saturated carbocycles. The molecule has 0 bridgehead atoms. The third-order valence-corrected chi connectivity index (χ3v) is 0.843. The summed E-state index contributed by atoms with van der Waals surface area (Å²) in [7, 11) is 0. The van der Waals surface area contributed by atoms with Gasteiger partial charge in [0.1, 0.15) is 0 Å². The molecule has 0 aliphatic heterocycles. The van der Waals surface area contributed by atoms with E-state index in [-0.39, 0.29) is 17.1 Å². The van der Waals surface area contributed by atoms with E-state index in [4.69, 9.17) is 0 Å². The van der Waals surface area contributed by atoms with Crippen molar-refractivity contribution in [2.24, 2.45) is 0 Å². The van der Waals surface area contributed by atoms with E-state index in [9.17, 15) is 0 Å². The predicted molar refractivity (Wildman–Crippen MR) is 30.9 cm³/mol. The minimum absolute atomic E-state index is 0. The van der Waals surface area contributed by atoms with Gasteiger partial charge in [-0.25, -0.2) is 0 Å². The number of rotatable bonds is 0. The van der Waals surface area contributed by atoms with Crippen LogP contribution in [0, 0.1) is 6.92 Å². The third-order valence-electron chi connectivity index (χ3n) is 0.843. The van der Waals surface area contributed by atoms with Crippen LogP contribution in [0.25, 0.3) is 0 Å². The van der Waals surface area contributed by atoms with Gasteiger partial charge in [0.15, 0.2) is 0 Å². The molecule has 0 unspecified atom stereocenters. The zero-order chi connectivity index (χ0) is 5.11. The van der Waals surface area contributed by atoms with Crippen molar-refractivity contribution in [3.05, 3.63) is 42.8 Å². The SMILES string of the molecule is [CH2-]c1ccccc1.[Fe+3]. The van der Waals surface area contributed by atoms with Crippen LogP contribution in [0.15, 0.2) is 30.3 Å². The fraction of sp³-hybridized carbons (Fsp3) is 0. The first-order valence-electron chi connectivity index (χ1n) is 2.26. The van der Waals surface area contributed by atoms with Crippen LogP contribution >= 0.6 is 0 Å². The molecule has 0 amide bonds. The Morgan fingerprint density at radius 3 is 1.75 bits per heavy atom. The van der Waals surface area contributed by atoms with Gasteiger partial charge in [-0.3, -0.25) is 0 Å². The molecule has 8 heavy (non-hydrogen) atoms. The van der Waals surface area contributed by atoms with Crippen molar-refractivity contribution in [3.8, 4) is 0 Å². The maximum atomic E-state index is 3.72. The van der Waals surface area contributed by atoms with Crippen LogP contribution in [0.1, 0.15) is 5.56 Å². The van der Waals surface area contributed by atoms with Crippen molar-refractivity contribution < 1.29 is 17.1 Å². The topological polar surface area (TPSA) is 0 Å². The maximum Gasteiger partial charge on any atom is 3.00 e. The molecule has 1 rings (SSSR count). The van der Waals surface area contributed by atoms with Crippen LogP contribution < -0.4 is 0 Å². The number of hydrogen-bond acceptors (Lipinski definition) is 0. The van der Waals surface area contributed by atoms with E-state index in [1.807, 2.05) is 30.3 Å². The summed E-state index contributed by atoms with van der Waals surface area (Å²) in [6.07, 6.45) is 0. The zero-order valence-electron chi connectivity index (χ0n) is 4.45. The fourth-order valence-electron chi connectivity index (χ4n) is 0.478. The molecule has 0 heterocycles. The summed E-state index contributed by atoms with van der Waals surface area (Å²) < 4.78 is 0. The molecule has 0 spiro atoms. The second-order valence-electron chi connectivity index (χ2n) is 1.49. The van der Waals surface area contributed by atoms with Gasteiger partial charge in [0.25, 0.3) is 0 Å².